The van der Waals surface area contributed by atoms with Crippen molar-refractivity contribution in [1.82, 2.24) is 5.32 Å². The monoisotopic (exact) mass is 221 g/mol. The van der Waals surface area contributed by atoms with E-state index in [0.29, 0.717) is 17.6 Å². The van der Waals surface area contributed by atoms with Crippen LogP contribution in [-0.2, 0) is 0 Å². The van der Waals surface area contributed by atoms with Crippen molar-refractivity contribution in [3.8, 4) is 5.75 Å². The predicted molar refractivity (Wildman–Crippen MR) is 60.7 cm³/mol. The second-order valence-corrected chi connectivity index (χ2v) is 4.45. The number of hydrogen-bond donors (Lipinski definition) is 1. The molecule has 0 aliphatic heterocycles. The number of ether oxygens (including phenoxy) is 1. The maximum Gasteiger partial charge on any atom is 0.413 e. The van der Waals surface area contributed by atoms with E-state index in [2.05, 4.69) is 5.32 Å². The molecule has 0 unspecified atom stereocenters. The maximum atomic E-state index is 11.4. The molecule has 1 aromatic rings. The van der Waals surface area contributed by atoms with Crippen LogP contribution in [0.4, 0.5) is 4.79 Å². The zero-order chi connectivity index (χ0) is 12.2. The quantitative estimate of drug-likeness (QED) is 0.780. The smallest absolute Gasteiger partial charge is 0.410 e. The maximum absolute atomic E-state index is 11.4. The molecule has 1 N–H and O–H groups in total. The molecule has 0 aliphatic carbocycles. The third-order valence-electron chi connectivity index (χ3n) is 1.68. The highest BCUT2D eigenvalue weighted by Crippen LogP contribution is 2.12. The molecule has 0 aliphatic rings. The number of hydrogen-bond acceptors (Lipinski definition) is 3. The molecular weight excluding hydrogens is 206 g/mol. The Balaban J connectivity index is 2.66. The lowest BCUT2D eigenvalue weighted by atomic mass is 10.1. The third kappa shape index (κ3) is 4.13. The van der Waals surface area contributed by atoms with Crippen molar-refractivity contribution in [3.63, 3.8) is 0 Å². The molecule has 1 amide bonds. The van der Waals surface area contributed by atoms with E-state index in [-0.39, 0.29) is 5.54 Å². The fraction of sp³-hybridized carbons (Fsp3) is 0.333. The van der Waals surface area contributed by atoms with E-state index in [0.717, 1.165) is 0 Å². The molecule has 0 saturated carbocycles. The lowest BCUT2D eigenvalue weighted by Crippen LogP contribution is -2.42. The molecule has 0 saturated heterocycles. The van der Waals surface area contributed by atoms with Crippen molar-refractivity contribution in [3.05, 3.63) is 29.8 Å². The van der Waals surface area contributed by atoms with Gasteiger partial charge in [0.05, 0.1) is 0 Å². The van der Waals surface area contributed by atoms with Crippen LogP contribution in [-0.4, -0.2) is 17.9 Å². The summed E-state index contributed by atoms with van der Waals surface area (Å²) in [4.78, 5) is 21.9. The molecule has 0 bridgehead atoms. The number of rotatable bonds is 2. The van der Waals surface area contributed by atoms with E-state index in [1.165, 1.54) is 6.07 Å². The summed E-state index contributed by atoms with van der Waals surface area (Å²) in [5.74, 6) is 0.353. The van der Waals surface area contributed by atoms with Gasteiger partial charge in [-0.05, 0) is 32.9 Å². The zero-order valence-corrected chi connectivity index (χ0v) is 9.61. The number of benzene rings is 1. The Morgan fingerprint density at radius 1 is 1.38 bits per heavy atom. The first-order chi connectivity index (χ1) is 7.40. The van der Waals surface area contributed by atoms with Crippen LogP contribution < -0.4 is 10.1 Å². The van der Waals surface area contributed by atoms with Gasteiger partial charge >= 0.3 is 6.09 Å². The minimum absolute atomic E-state index is 0.348. The summed E-state index contributed by atoms with van der Waals surface area (Å²) in [6, 6.07) is 6.43. The average Bonchev–Trinajstić information content (AvgIpc) is 2.15. The summed E-state index contributed by atoms with van der Waals surface area (Å²) in [6.07, 6.45) is 0.171. The van der Waals surface area contributed by atoms with E-state index < -0.39 is 6.09 Å². The van der Waals surface area contributed by atoms with Crippen LogP contribution in [0.3, 0.4) is 0 Å². The lowest BCUT2D eigenvalue weighted by molar-refractivity contribution is 0.112. The van der Waals surface area contributed by atoms with Crippen molar-refractivity contribution in [2.24, 2.45) is 0 Å². The van der Waals surface area contributed by atoms with Gasteiger partial charge in [0.15, 0.2) is 0 Å². The van der Waals surface area contributed by atoms with Gasteiger partial charge in [0, 0.05) is 11.1 Å². The van der Waals surface area contributed by atoms with Crippen molar-refractivity contribution in [2.75, 3.05) is 0 Å². The van der Waals surface area contributed by atoms with E-state index in [1.807, 2.05) is 20.8 Å². The molecule has 0 spiro atoms. The molecule has 86 valence electrons. The highest BCUT2D eigenvalue weighted by atomic mass is 16.6. The number of carbonyl (C=O) groups excluding carboxylic acids is 2. The molecule has 4 heteroatoms. The number of amides is 1. The van der Waals surface area contributed by atoms with Crippen LogP contribution in [0.25, 0.3) is 0 Å². The Morgan fingerprint density at radius 2 is 2.06 bits per heavy atom. The van der Waals surface area contributed by atoms with Crippen molar-refractivity contribution in [1.29, 1.82) is 0 Å². The van der Waals surface area contributed by atoms with Gasteiger partial charge in [0.2, 0.25) is 0 Å². The molecule has 1 aromatic carbocycles. The largest absolute Gasteiger partial charge is 0.413 e. The topological polar surface area (TPSA) is 55.4 Å². The number of carbonyl (C=O) groups is 2. The Bertz CT molecular complexity index is 393. The number of nitrogens with one attached hydrogen (secondary N) is 1. The average molecular weight is 221 g/mol. The van der Waals surface area contributed by atoms with E-state index in [4.69, 9.17) is 4.74 Å². The molecule has 4 nitrogen and oxygen atoms in total. The molecule has 0 fully saturated rings. The van der Waals surface area contributed by atoms with Crippen molar-refractivity contribution in [2.45, 2.75) is 26.3 Å². The molecule has 1 rings (SSSR count). The standard InChI is InChI=1S/C12H15NO3/c1-12(2,3)13-11(15)16-10-6-4-5-9(7-10)8-14/h4-8H,1-3H3,(H,13,15). The van der Waals surface area contributed by atoms with Gasteiger partial charge in [-0.3, -0.25) is 4.79 Å². The first-order valence-electron chi connectivity index (χ1n) is 4.96. The molecule has 0 radical (unpaired) electrons. The molecular formula is C12H15NO3. The van der Waals surface area contributed by atoms with Gasteiger partial charge in [-0.1, -0.05) is 12.1 Å². The normalized spacial score (nSPS) is 10.7. The molecule has 0 atom stereocenters. The summed E-state index contributed by atoms with van der Waals surface area (Å²) >= 11 is 0. The minimum atomic E-state index is -0.532. The lowest BCUT2D eigenvalue weighted by Gasteiger charge is -2.19. The Labute approximate surface area is 94.6 Å². The molecule has 0 aromatic heterocycles. The molecule has 16 heavy (non-hydrogen) atoms. The SMILES string of the molecule is CC(C)(C)NC(=O)Oc1cccc(C=O)c1. The summed E-state index contributed by atoms with van der Waals surface area (Å²) in [7, 11) is 0. The summed E-state index contributed by atoms with van der Waals surface area (Å²) in [6.45, 7) is 5.57. The highest BCUT2D eigenvalue weighted by molar-refractivity contribution is 5.76. The van der Waals surface area contributed by atoms with Crippen molar-refractivity contribution >= 4 is 12.4 Å². The van der Waals surface area contributed by atoms with Gasteiger partial charge in [-0.25, -0.2) is 4.79 Å². The summed E-state index contributed by atoms with van der Waals surface area (Å²) in [5, 5.41) is 2.66. The Kier molecular flexibility index (Phi) is 3.66. The minimum Gasteiger partial charge on any atom is -0.410 e. The van der Waals surface area contributed by atoms with Gasteiger partial charge < -0.3 is 10.1 Å². The molecule has 0 heterocycles. The van der Waals surface area contributed by atoms with Crippen molar-refractivity contribution < 1.29 is 14.3 Å². The van der Waals surface area contributed by atoms with Gasteiger partial charge in [0.25, 0.3) is 0 Å². The Hall–Kier alpha value is -1.84. The zero-order valence-electron chi connectivity index (χ0n) is 9.61. The van der Waals surface area contributed by atoms with Gasteiger partial charge in [-0.2, -0.15) is 0 Å². The number of aldehydes is 1. The van der Waals surface area contributed by atoms with Gasteiger partial charge in [-0.15, -0.1) is 0 Å². The first kappa shape index (κ1) is 12.2. The highest BCUT2D eigenvalue weighted by Gasteiger charge is 2.15. The van der Waals surface area contributed by atoms with Crippen LogP contribution in [0.2, 0.25) is 0 Å². The summed E-state index contributed by atoms with van der Waals surface area (Å²) in [5.41, 5.74) is 0.125. The fourth-order valence-electron chi connectivity index (χ4n) is 1.09. The third-order valence-corrected chi connectivity index (χ3v) is 1.68. The van der Waals surface area contributed by atoms with Crippen LogP contribution in [0.15, 0.2) is 24.3 Å². The fourth-order valence-corrected chi connectivity index (χ4v) is 1.09. The van der Waals surface area contributed by atoms with Gasteiger partial charge in [0.1, 0.15) is 12.0 Å². The first-order valence-corrected chi connectivity index (χ1v) is 4.96. The van der Waals surface area contributed by atoms with Crippen LogP contribution >= 0.6 is 0 Å². The van der Waals surface area contributed by atoms with E-state index in [9.17, 15) is 9.59 Å². The van der Waals surface area contributed by atoms with Crippen LogP contribution in [0.5, 0.6) is 5.75 Å². The van der Waals surface area contributed by atoms with Crippen LogP contribution in [0, 0.1) is 0 Å². The predicted octanol–water partition coefficient (Wildman–Crippen LogP) is 2.39. The van der Waals surface area contributed by atoms with Crippen LogP contribution in [0.1, 0.15) is 31.1 Å². The van der Waals surface area contributed by atoms with E-state index in [1.54, 1.807) is 18.2 Å². The second-order valence-electron chi connectivity index (χ2n) is 4.45. The Morgan fingerprint density at radius 3 is 2.62 bits per heavy atom. The second kappa shape index (κ2) is 4.79. The summed E-state index contributed by atoms with van der Waals surface area (Å²) < 4.78 is 5.02. The van der Waals surface area contributed by atoms with E-state index >= 15 is 0 Å².